The molecule has 29 heavy (non-hydrogen) atoms. The predicted molar refractivity (Wildman–Crippen MR) is 105 cm³/mol. The van der Waals surface area contributed by atoms with Gasteiger partial charge >= 0.3 is 0 Å². The molecule has 1 amide bonds. The Morgan fingerprint density at radius 1 is 1.10 bits per heavy atom. The summed E-state index contributed by atoms with van der Waals surface area (Å²) in [4.78, 5) is 18.2. The van der Waals surface area contributed by atoms with Crippen molar-refractivity contribution in [3.05, 3.63) is 90.0 Å². The molecule has 144 valence electrons. The molecule has 2 aromatic carbocycles. The van der Waals surface area contributed by atoms with Crippen molar-refractivity contribution in [1.82, 2.24) is 9.88 Å². The smallest absolute Gasteiger partial charge is 0.273 e. The second-order valence-electron chi connectivity index (χ2n) is 6.88. The normalized spacial score (nSPS) is 20.6. The Kier molecular flexibility index (Phi) is 5.07. The maximum Gasteiger partial charge on any atom is 0.273 e. The van der Waals surface area contributed by atoms with E-state index in [0.717, 1.165) is 11.1 Å². The van der Waals surface area contributed by atoms with E-state index in [9.17, 15) is 19.6 Å². The van der Waals surface area contributed by atoms with Gasteiger partial charge in [0.25, 0.3) is 5.91 Å². The quantitative estimate of drug-likeness (QED) is 0.745. The molecule has 1 saturated heterocycles. The summed E-state index contributed by atoms with van der Waals surface area (Å²) in [6.45, 7) is -0.267. The number of rotatable bonds is 4. The fourth-order valence-electron chi connectivity index (χ4n) is 3.89. The predicted octanol–water partition coefficient (Wildman–Crippen LogP) is 3.38. The van der Waals surface area contributed by atoms with Gasteiger partial charge in [0.05, 0.1) is 18.7 Å². The number of halogens is 1. The fraction of sp³-hybridized carbons (Fsp3) is 0.174. The average Bonchev–Trinajstić information content (AvgIpc) is 2.75. The van der Waals surface area contributed by atoms with Gasteiger partial charge in [-0.25, -0.2) is 4.39 Å². The van der Waals surface area contributed by atoms with Crippen molar-refractivity contribution in [3.8, 4) is 17.2 Å². The molecule has 1 aromatic heterocycles. The fourth-order valence-corrected chi connectivity index (χ4v) is 3.89. The lowest BCUT2D eigenvalue weighted by molar-refractivity contribution is -0.00629. The van der Waals surface area contributed by atoms with Crippen molar-refractivity contribution in [1.29, 1.82) is 5.26 Å². The SMILES string of the molecule is N#C[C@@H]1[C@H](c2ccc(-c3ccccc3F)cc2)[C@@H](CO)N1C(=O)c1ccccn1. The number of nitriles is 1. The molecule has 1 aliphatic rings. The molecule has 0 unspecified atom stereocenters. The van der Waals surface area contributed by atoms with E-state index >= 15 is 0 Å². The number of benzene rings is 2. The van der Waals surface area contributed by atoms with Crippen LogP contribution in [0.4, 0.5) is 4.39 Å². The van der Waals surface area contributed by atoms with Crippen LogP contribution < -0.4 is 0 Å². The van der Waals surface area contributed by atoms with Crippen molar-refractivity contribution in [2.24, 2.45) is 0 Å². The van der Waals surface area contributed by atoms with Gasteiger partial charge in [-0.3, -0.25) is 9.78 Å². The topological polar surface area (TPSA) is 77.2 Å². The van der Waals surface area contributed by atoms with Crippen LogP contribution in [0, 0.1) is 17.1 Å². The minimum Gasteiger partial charge on any atom is -0.394 e. The van der Waals surface area contributed by atoms with Crippen molar-refractivity contribution in [3.63, 3.8) is 0 Å². The Morgan fingerprint density at radius 2 is 1.83 bits per heavy atom. The summed E-state index contributed by atoms with van der Waals surface area (Å²) in [5, 5.41) is 19.6. The number of hydrogen-bond acceptors (Lipinski definition) is 4. The van der Waals surface area contributed by atoms with Crippen LogP contribution in [0.5, 0.6) is 0 Å². The summed E-state index contributed by atoms with van der Waals surface area (Å²) in [6.07, 6.45) is 1.52. The molecule has 1 fully saturated rings. The van der Waals surface area contributed by atoms with Crippen LogP contribution in [-0.4, -0.2) is 39.6 Å². The minimum atomic E-state index is -0.707. The third-order valence-corrected chi connectivity index (χ3v) is 5.33. The summed E-state index contributed by atoms with van der Waals surface area (Å²) < 4.78 is 14.0. The highest BCUT2D eigenvalue weighted by molar-refractivity contribution is 5.94. The Hall–Kier alpha value is -3.56. The first kappa shape index (κ1) is 18.8. The van der Waals surface area contributed by atoms with Crippen LogP contribution in [0.15, 0.2) is 72.9 Å². The Bertz CT molecular complexity index is 1060. The molecule has 0 saturated carbocycles. The van der Waals surface area contributed by atoms with E-state index in [0.29, 0.717) is 5.56 Å². The standard InChI is InChI=1S/C23H18FN3O2/c24-18-6-2-1-5-17(18)15-8-10-16(11-9-15)22-20(13-25)27(21(22)14-28)23(29)19-7-3-4-12-26-19/h1-12,20-22,28H,14H2/t20-,21-,22+/m1/s1. The van der Waals surface area contributed by atoms with Gasteiger partial charge in [-0.2, -0.15) is 5.26 Å². The molecule has 0 bridgehead atoms. The molecule has 5 nitrogen and oxygen atoms in total. The van der Waals surface area contributed by atoms with Gasteiger partial charge in [0, 0.05) is 17.7 Å². The van der Waals surface area contributed by atoms with Gasteiger partial charge in [-0.05, 0) is 29.3 Å². The molecule has 1 N–H and O–H groups in total. The number of likely N-dealkylation sites (tertiary alicyclic amines) is 1. The van der Waals surface area contributed by atoms with Crippen molar-refractivity contribution in [2.75, 3.05) is 6.61 Å². The zero-order valence-electron chi connectivity index (χ0n) is 15.4. The second-order valence-corrected chi connectivity index (χ2v) is 6.88. The highest BCUT2D eigenvalue weighted by atomic mass is 19.1. The number of aromatic nitrogens is 1. The van der Waals surface area contributed by atoms with E-state index in [4.69, 9.17) is 0 Å². The number of nitrogens with zero attached hydrogens (tertiary/aromatic N) is 3. The lowest BCUT2D eigenvalue weighted by atomic mass is 9.75. The van der Waals surface area contributed by atoms with E-state index in [-0.39, 0.29) is 29.9 Å². The number of amides is 1. The molecule has 2 heterocycles. The molecule has 0 spiro atoms. The van der Waals surface area contributed by atoms with Gasteiger partial charge in [0.1, 0.15) is 17.6 Å². The molecular weight excluding hydrogens is 369 g/mol. The molecule has 6 heteroatoms. The molecule has 0 aliphatic carbocycles. The van der Waals surface area contributed by atoms with Crippen LogP contribution in [-0.2, 0) is 0 Å². The average molecular weight is 387 g/mol. The van der Waals surface area contributed by atoms with E-state index in [1.54, 1.807) is 48.5 Å². The maximum absolute atomic E-state index is 14.0. The largest absolute Gasteiger partial charge is 0.394 e. The summed E-state index contributed by atoms with van der Waals surface area (Å²) in [5.41, 5.74) is 2.28. The maximum atomic E-state index is 14.0. The van der Waals surface area contributed by atoms with Crippen molar-refractivity contribution in [2.45, 2.75) is 18.0 Å². The number of carbonyl (C=O) groups is 1. The first-order chi connectivity index (χ1) is 14.2. The number of aliphatic hydroxyl groups is 1. The summed E-state index contributed by atoms with van der Waals surface area (Å²) in [6, 6.07) is 19.7. The van der Waals surface area contributed by atoms with Crippen molar-refractivity contribution >= 4 is 5.91 Å². The first-order valence-corrected chi connectivity index (χ1v) is 9.24. The van der Waals surface area contributed by atoms with Gasteiger partial charge in [0.15, 0.2) is 0 Å². The van der Waals surface area contributed by atoms with Gasteiger partial charge in [0.2, 0.25) is 0 Å². The lowest BCUT2D eigenvalue weighted by Crippen LogP contribution is -2.65. The monoisotopic (exact) mass is 387 g/mol. The third-order valence-electron chi connectivity index (χ3n) is 5.33. The van der Waals surface area contributed by atoms with E-state index in [1.807, 2.05) is 12.1 Å². The number of pyridine rings is 1. The van der Waals surface area contributed by atoms with E-state index < -0.39 is 12.1 Å². The van der Waals surface area contributed by atoms with Gasteiger partial charge in [-0.1, -0.05) is 48.5 Å². The van der Waals surface area contributed by atoms with Crippen molar-refractivity contribution < 1.29 is 14.3 Å². The van der Waals surface area contributed by atoms with E-state index in [1.165, 1.54) is 17.2 Å². The summed E-state index contributed by atoms with van der Waals surface area (Å²) in [7, 11) is 0. The molecule has 0 radical (unpaired) electrons. The zero-order chi connectivity index (χ0) is 20.4. The Balaban J connectivity index is 1.61. The van der Waals surface area contributed by atoms with Crippen LogP contribution in [0.1, 0.15) is 22.0 Å². The Morgan fingerprint density at radius 3 is 2.45 bits per heavy atom. The van der Waals surface area contributed by atoms with Crippen LogP contribution >= 0.6 is 0 Å². The Labute approximate surface area is 167 Å². The second kappa shape index (κ2) is 7.82. The van der Waals surface area contributed by atoms with Crippen LogP contribution in [0.3, 0.4) is 0 Å². The molecule has 4 rings (SSSR count). The third kappa shape index (κ3) is 3.26. The van der Waals surface area contributed by atoms with E-state index in [2.05, 4.69) is 11.1 Å². The molecule has 1 aliphatic heterocycles. The number of carbonyl (C=O) groups excluding carboxylic acids is 1. The summed E-state index contributed by atoms with van der Waals surface area (Å²) >= 11 is 0. The van der Waals surface area contributed by atoms with Crippen LogP contribution in [0.25, 0.3) is 11.1 Å². The highest BCUT2D eigenvalue weighted by Gasteiger charge is 2.52. The zero-order valence-corrected chi connectivity index (χ0v) is 15.4. The lowest BCUT2D eigenvalue weighted by Gasteiger charge is -2.51. The van der Waals surface area contributed by atoms with Crippen LogP contribution in [0.2, 0.25) is 0 Å². The van der Waals surface area contributed by atoms with Gasteiger partial charge < -0.3 is 10.0 Å². The first-order valence-electron chi connectivity index (χ1n) is 9.24. The molecule has 3 atom stereocenters. The van der Waals surface area contributed by atoms with Gasteiger partial charge in [-0.15, -0.1) is 0 Å². The number of hydrogen-bond donors (Lipinski definition) is 1. The molecular formula is C23H18FN3O2. The highest BCUT2D eigenvalue weighted by Crippen LogP contribution is 2.41. The molecule has 3 aromatic rings. The number of aliphatic hydroxyl groups excluding tert-OH is 1. The summed E-state index contributed by atoms with van der Waals surface area (Å²) in [5.74, 6) is -1.01. The minimum absolute atomic E-state index is 0.236.